The van der Waals surface area contributed by atoms with Gasteiger partial charge in [0.05, 0.1) is 5.69 Å². The molecule has 6 aromatic carbocycles. The number of fused-ring (bicyclic) bond motifs is 2. The van der Waals surface area contributed by atoms with Crippen LogP contribution in [0, 0.1) is 0 Å². The van der Waals surface area contributed by atoms with E-state index in [0.717, 1.165) is 11.4 Å². The highest BCUT2D eigenvalue weighted by molar-refractivity contribution is 6.14. The lowest BCUT2D eigenvalue weighted by molar-refractivity contribution is 1.31. The van der Waals surface area contributed by atoms with Gasteiger partial charge >= 0.3 is 0 Å². The van der Waals surface area contributed by atoms with Crippen molar-refractivity contribution in [3.05, 3.63) is 152 Å². The molecule has 0 spiro atoms. The van der Waals surface area contributed by atoms with Crippen molar-refractivity contribution in [2.75, 3.05) is 4.90 Å². The average Bonchev–Trinajstić information content (AvgIpc) is 2.91. The van der Waals surface area contributed by atoms with Crippen molar-refractivity contribution in [3.63, 3.8) is 0 Å². The van der Waals surface area contributed by atoms with E-state index in [1.165, 1.54) is 27.2 Å². The molecule has 0 atom stereocenters. The van der Waals surface area contributed by atoms with E-state index in [4.69, 9.17) is 0 Å². The van der Waals surface area contributed by atoms with E-state index < -0.39 is 0 Å². The highest BCUT2D eigenvalue weighted by Crippen LogP contribution is 2.43. The van der Waals surface area contributed by atoms with Gasteiger partial charge in [0.25, 0.3) is 0 Å². The Hall–Kier alpha value is -4.36. The standard InChI is InChI=1S/C26H19N.C6H6/c1-3-13-22(14-4-1)27(23-15-5-2-6-16-23)26-24-17-9-7-11-20(24)19-21-12-8-10-18-25(21)26;1-2-4-6-5-3-1/h1-19H;1-6H. The van der Waals surface area contributed by atoms with Crippen LogP contribution in [0.4, 0.5) is 17.1 Å². The molecule has 0 aliphatic heterocycles. The molecule has 1 heteroatoms. The Morgan fingerprint density at radius 1 is 0.333 bits per heavy atom. The monoisotopic (exact) mass is 423 g/mol. The summed E-state index contributed by atoms with van der Waals surface area (Å²) in [5.41, 5.74) is 3.54. The molecule has 0 amide bonds. The van der Waals surface area contributed by atoms with Gasteiger partial charge in [0.2, 0.25) is 0 Å². The Morgan fingerprint density at radius 2 is 0.667 bits per heavy atom. The quantitative estimate of drug-likeness (QED) is 0.256. The molecule has 6 aromatic rings. The van der Waals surface area contributed by atoms with Crippen LogP contribution in [0.1, 0.15) is 0 Å². The number of hydrogen-bond acceptors (Lipinski definition) is 1. The van der Waals surface area contributed by atoms with Gasteiger partial charge in [-0.05, 0) is 41.1 Å². The van der Waals surface area contributed by atoms with Crippen LogP contribution in [0.5, 0.6) is 0 Å². The third-order valence-corrected chi connectivity index (χ3v) is 5.66. The second-order valence-electron chi connectivity index (χ2n) is 7.83. The van der Waals surface area contributed by atoms with E-state index in [9.17, 15) is 0 Å². The zero-order chi connectivity index (χ0) is 22.3. The Morgan fingerprint density at radius 3 is 1.09 bits per heavy atom. The summed E-state index contributed by atoms with van der Waals surface area (Å²) in [5.74, 6) is 0. The van der Waals surface area contributed by atoms with Crippen molar-refractivity contribution >= 4 is 38.6 Å². The first-order chi connectivity index (χ1) is 16.4. The van der Waals surface area contributed by atoms with Crippen molar-refractivity contribution in [1.29, 1.82) is 0 Å². The molecular weight excluding hydrogens is 398 g/mol. The molecule has 158 valence electrons. The molecule has 0 unspecified atom stereocenters. The van der Waals surface area contributed by atoms with Gasteiger partial charge in [-0.3, -0.25) is 0 Å². The van der Waals surface area contributed by atoms with Crippen LogP contribution in [0.3, 0.4) is 0 Å². The number of nitrogens with zero attached hydrogens (tertiary/aromatic N) is 1. The predicted molar refractivity (Wildman–Crippen MR) is 143 cm³/mol. The zero-order valence-electron chi connectivity index (χ0n) is 18.4. The van der Waals surface area contributed by atoms with Crippen molar-refractivity contribution in [3.8, 4) is 0 Å². The fraction of sp³-hybridized carbons (Fsp3) is 0. The van der Waals surface area contributed by atoms with Crippen LogP contribution in [-0.2, 0) is 0 Å². The highest BCUT2D eigenvalue weighted by atomic mass is 15.1. The van der Waals surface area contributed by atoms with Gasteiger partial charge in [-0.1, -0.05) is 121 Å². The van der Waals surface area contributed by atoms with Crippen LogP contribution in [-0.4, -0.2) is 0 Å². The molecular formula is C32H25N. The average molecular weight is 424 g/mol. The van der Waals surface area contributed by atoms with Gasteiger partial charge in [-0.2, -0.15) is 0 Å². The maximum atomic E-state index is 2.37. The fourth-order valence-electron chi connectivity index (χ4n) is 4.18. The number of anilines is 3. The first-order valence-electron chi connectivity index (χ1n) is 11.2. The van der Waals surface area contributed by atoms with Gasteiger partial charge in [-0.15, -0.1) is 0 Å². The van der Waals surface area contributed by atoms with E-state index in [0.29, 0.717) is 0 Å². The maximum Gasteiger partial charge on any atom is 0.0618 e. The molecule has 0 aromatic heterocycles. The SMILES string of the molecule is c1ccc(N(c2ccccc2)c2c3ccccc3cc3ccccc23)cc1.c1ccccc1. The molecule has 0 radical (unpaired) electrons. The maximum absolute atomic E-state index is 2.37. The number of rotatable bonds is 3. The molecule has 0 aliphatic carbocycles. The lowest BCUT2D eigenvalue weighted by Crippen LogP contribution is -2.10. The van der Waals surface area contributed by atoms with Gasteiger partial charge in [-0.25, -0.2) is 0 Å². The smallest absolute Gasteiger partial charge is 0.0618 e. The second-order valence-corrected chi connectivity index (χ2v) is 7.83. The van der Waals surface area contributed by atoms with E-state index in [1.54, 1.807) is 0 Å². The topological polar surface area (TPSA) is 3.24 Å². The third kappa shape index (κ3) is 4.49. The predicted octanol–water partition coefficient (Wildman–Crippen LogP) is 9.15. The molecule has 0 saturated carbocycles. The van der Waals surface area contributed by atoms with E-state index in [2.05, 4.69) is 120 Å². The lowest BCUT2D eigenvalue weighted by Gasteiger charge is -2.28. The van der Waals surface area contributed by atoms with Crippen molar-refractivity contribution in [2.45, 2.75) is 0 Å². The Balaban J connectivity index is 0.000000332. The minimum Gasteiger partial charge on any atom is -0.309 e. The Labute approximate surface area is 195 Å². The summed E-state index contributed by atoms with van der Waals surface area (Å²) in [5, 5.41) is 5.01. The fourth-order valence-corrected chi connectivity index (χ4v) is 4.18. The molecule has 0 N–H and O–H groups in total. The summed E-state index contributed by atoms with van der Waals surface area (Å²) in [4.78, 5) is 2.37. The Kier molecular flexibility index (Phi) is 6.13. The van der Waals surface area contributed by atoms with Gasteiger partial charge in [0.1, 0.15) is 0 Å². The number of hydrogen-bond donors (Lipinski definition) is 0. The minimum absolute atomic E-state index is 1.16. The molecule has 0 aliphatic rings. The molecule has 0 heterocycles. The van der Waals surface area contributed by atoms with Crippen LogP contribution in [0.2, 0.25) is 0 Å². The van der Waals surface area contributed by atoms with Crippen LogP contribution in [0.25, 0.3) is 21.5 Å². The summed E-state index contributed by atoms with van der Waals surface area (Å²) in [6, 6.07) is 52.7. The van der Waals surface area contributed by atoms with Crippen LogP contribution in [0.15, 0.2) is 152 Å². The minimum atomic E-state index is 1.16. The summed E-state index contributed by atoms with van der Waals surface area (Å²) in [6.45, 7) is 0. The molecule has 33 heavy (non-hydrogen) atoms. The van der Waals surface area contributed by atoms with Crippen molar-refractivity contribution in [1.82, 2.24) is 0 Å². The van der Waals surface area contributed by atoms with E-state index >= 15 is 0 Å². The van der Waals surface area contributed by atoms with Gasteiger partial charge in [0.15, 0.2) is 0 Å². The molecule has 0 bridgehead atoms. The number of para-hydroxylation sites is 2. The zero-order valence-corrected chi connectivity index (χ0v) is 18.4. The summed E-state index contributed by atoms with van der Waals surface area (Å²) in [6.07, 6.45) is 0. The van der Waals surface area contributed by atoms with Crippen LogP contribution < -0.4 is 4.90 Å². The Bertz CT molecular complexity index is 1320. The molecule has 6 rings (SSSR count). The molecule has 1 nitrogen and oxygen atoms in total. The van der Waals surface area contributed by atoms with Crippen LogP contribution >= 0.6 is 0 Å². The molecule has 0 fully saturated rings. The van der Waals surface area contributed by atoms with Gasteiger partial charge < -0.3 is 4.90 Å². The van der Waals surface area contributed by atoms with E-state index in [1.807, 2.05) is 36.4 Å². The number of benzene rings is 6. The summed E-state index contributed by atoms with van der Waals surface area (Å²) >= 11 is 0. The lowest BCUT2D eigenvalue weighted by atomic mass is 9.99. The largest absolute Gasteiger partial charge is 0.309 e. The first kappa shape index (κ1) is 20.5. The first-order valence-corrected chi connectivity index (χ1v) is 11.2. The van der Waals surface area contributed by atoms with E-state index in [-0.39, 0.29) is 0 Å². The molecule has 0 saturated heterocycles. The van der Waals surface area contributed by atoms with Crippen molar-refractivity contribution < 1.29 is 0 Å². The third-order valence-electron chi connectivity index (χ3n) is 5.66. The normalized spacial score (nSPS) is 10.4. The van der Waals surface area contributed by atoms with Crippen molar-refractivity contribution in [2.24, 2.45) is 0 Å². The summed E-state index contributed by atoms with van der Waals surface area (Å²) in [7, 11) is 0. The summed E-state index contributed by atoms with van der Waals surface area (Å²) < 4.78 is 0. The van der Waals surface area contributed by atoms with Gasteiger partial charge in [0, 0.05) is 22.1 Å². The highest BCUT2D eigenvalue weighted by Gasteiger charge is 2.17. The second kappa shape index (κ2) is 9.84.